The van der Waals surface area contributed by atoms with Crippen LogP contribution in [0.2, 0.25) is 0 Å². The minimum Gasteiger partial charge on any atom is -0.370 e. The number of halogens is 1. The first-order chi connectivity index (χ1) is 9.55. The van der Waals surface area contributed by atoms with E-state index >= 15 is 0 Å². The molecule has 0 radical (unpaired) electrons. The van der Waals surface area contributed by atoms with Gasteiger partial charge in [0.1, 0.15) is 0 Å². The lowest BCUT2D eigenvalue weighted by atomic mass is 10.1. The second-order valence-electron chi connectivity index (χ2n) is 5.15. The van der Waals surface area contributed by atoms with Crippen molar-refractivity contribution in [3.63, 3.8) is 0 Å². The zero-order valence-electron chi connectivity index (χ0n) is 13.6. The molecule has 0 saturated carbocycles. The number of rotatable bonds is 7. The lowest BCUT2D eigenvalue weighted by Crippen LogP contribution is -2.26. The van der Waals surface area contributed by atoms with Gasteiger partial charge in [-0.15, -0.1) is 24.0 Å². The Balaban J connectivity index is 0.00000400. The van der Waals surface area contributed by atoms with Crippen molar-refractivity contribution < 1.29 is 0 Å². The molecule has 0 heterocycles. The summed E-state index contributed by atoms with van der Waals surface area (Å²) >= 11 is 0. The highest BCUT2D eigenvalue weighted by atomic mass is 127. The van der Waals surface area contributed by atoms with Crippen molar-refractivity contribution in [1.82, 2.24) is 4.90 Å². The molecule has 0 atom stereocenters. The van der Waals surface area contributed by atoms with Gasteiger partial charge < -0.3 is 16.0 Å². The molecule has 0 unspecified atom stereocenters. The van der Waals surface area contributed by atoms with Gasteiger partial charge in [-0.2, -0.15) is 0 Å². The summed E-state index contributed by atoms with van der Waals surface area (Å²) in [5, 5.41) is 3.15. The van der Waals surface area contributed by atoms with E-state index in [4.69, 9.17) is 5.73 Å². The molecular formula is C16H29IN4. The molecule has 0 fully saturated rings. The van der Waals surface area contributed by atoms with E-state index < -0.39 is 0 Å². The Morgan fingerprint density at radius 2 is 1.71 bits per heavy atom. The third kappa shape index (κ3) is 8.26. The van der Waals surface area contributed by atoms with Gasteiger partial charge in [0.25, 0.3) is 0 Å². The SMILES string of the molecule is CCN(CC)CCCN=C(N)Nc1cc(C)cc(C)c1.I. The number of aliphatic imine (C=N–C) groups is 1. The van der Waals surface area contributed by atoms with Crippen LogP contribution in [0.4, 0.5) is 5.69 Å². The molecule has 21 heavy (non-hydrogen) atoms. The minimum absolute atomic E-state index is 0. The van der Waals surface area contributed by atoms with Crippen molar-refractivity contribution in [2.45, 2.75) is 34.1 Å². The first-order valence-electron chi connectivity index (χ1n) is 7.42. The molecule has 0 aromatic heterocycles. The molecule has 4 nitrogen and oxygen atoms in total. The number of anilines is 1. The summed E-state index contributed by atoms with van der Waals surface area (Å²) in [4.78, 5) is 6.77. The van der Waals surface area contributed by atoms with E-state index in [0.717, 1.165) is 38.3 Å². The Kier molecular flexibility index (Phi) is 10.4. The van der Waals surface area contributed by atoms with Crippen LogP contribution in [-0.4, -0.2) is 37.0 Å². The number of nitrogens with two attached hydrogens (primary N) is 1. The molecular weight excluding hydrogens is 375 g/mol. The van der Waals surface area contributed by atoms with Crippen LogP contribution in [0.15, 0.2) is 23.2 Å². The van der Waals surface area contributed by atoms with Crippen LogP contribution in [0, 0.1) is 13.8 Å². The second kappa shape index (κ2) is 10.8. The van der Waals surface area contributed by atoms with Crippen LogP contribution in [0.3, 0.4) is 0 Å². The van der Waals surface area contributed by atoms with E-state index in [1.807, 2.05) is 0 Å². The first kappa shape index (κ1) is 20.2. The van der Waals surface area contributed by atoms with Crippen molar-refractivity contribution >= 4 is 35.6 Å². The van der Waals surface area contributed by atoms with E-state index in [9.17, 15) is 0 Å². The summed E-state index contributed by atoms with van der Waals surface area (Å²) in [7, 11) is 0. The largest absolute Gasteiger partial charge is 0.370 e. The Morgan fingerprint density at radius 3 is 2.24 bits per heavy atom. The molecule has 0 spiro atoms. The van der Waals surface area contributed by atoms with Gasteiger partial charge in [0, 0.05) is 12.2 Å². The number of hydrogen-bond donors (Lipinski definition) is 2. The summed E-state index contributed by atoms with van der Waals surface area (Å²) < 4.78 is 0. The lowest BCUT2D eigenvalue weighted by Gasteiger charge is -2.16. The Labute approximate surface area is 146 Å². The molecule has 0 aliphatic rings. The average Bonchev–Trinajstić information content (AvgIpc) is 2.37. The summed E-state index contributed by atoms with van der Waals surface area (Å²) in [6.07, 6.45) is 1.04. The third-order valence-electron chi connectivity index (χ3n) is 3.30. The van der Waals surface area contributed by atoms with Crippen LogP contribution >= 0.6 is 24.0 Å². The monoisotopic (exact) mass is 404 g/mol. The maximum absolute atomic E-state index is 5.91. The fraction of sp³-hybridized carbons (Fsp3) is 0.562. The third-order valence-corrected chi connectivity index (χ3v) is 3.30. The second-order valence-corrected chi connectivity index (χ2v) is 5.15. The quantitative estimate of drug-likeness (QED) is 0.317. The van der Waals surface area contributed by atoms with Crippen LogP contribution < -0.4 is 11.1 Å². The zero-order valence-corrected chi connectivity index (χ0v) is 16.0. The number of aryl methyl sites for hydroxylation is 2. The van der Waals surface area contributed by atoms with E-state index in [2.05, 4.69) is 61.1 Å². The van der Waals surface area contributed by atoms with Gasteiger partial charge in [-0.1, -0.05) is 19.9 Å². The van der Waals surface area contributed by atoms with Gasteiger partial charge in [-0.05, 0) is 63.2 Å². The van der Waals surface area contributed by atoms with Crippen molar-refractivity contribution in [1.29, 1.82) is 0 Å². The highest BCUT2D eigenvalue weighted by Crippen LogP contribution is 2.13. The molecule has 0 aliphatic carbocycles. The number of nitrogens with zero attached hydrogens (tertiary/aromatic N) is 2. The van der Waals surface area contributed by atoms with Gasteiger partial charge in [0.05, 0.1) is 0 Å². The van der Waals surface area contributed by atoms with Crippen LogP contribution in [-0.2, 0) is 0 Å². The fourth-order valence-corrected chi connectivity index (χ4v) is 2.27. The van der Waals surface area contributed by atoms with Crippen molar-refractivity contribution in [3.05, 3.63) is 29.3 Å². The van der Waals surface area contributed by atoms with Gasteiger partial charge in [0.2, 0.25) is 0 Å². The van der Waals surface area contributed by atoms with E-state index in [1.54, 1.807) is 0 Å². The fourth-order valence-electron chi connectivity index (χ4n) is 2.27. The van der Waals surface area contributed by atoms with Gasteiger partial charge in [-0.3, -0.25) is 4.99 Å². The molecule has 1 aromatic carbocycles. The maximum Gasteiger partial charge on any atom is 0.193 e. The highest BCUT2D eigenvalue weighted by Gasteiger charge is 1.99. The predicted octanol–water partition coefficient (Wildman–Crippen LogP) is 3.38. The normalized spacial score (nSPS) is 11.4. The Morgan fingerprint density at radius 1 is 1.14 bits per heavy atom. The zero-order chi connectivity index (χ0) is 15.0. The average molecular weight is 404 g/mol. The molecule has 1 aromatic rings. The molecule has 1 rings (SSSR count). The number of benzene rings is 1. The van der Waals surface area contributed by atoms with Gasteiger partial charge in [0.15, 0.2) is 5.96 Å². The van der Waals surface area contributed by atoms with E-state index in [-0.39, 0.29) is 24.0 Å². The van der Waals surface area contributed by atoms with Crippen LogP contribution in [0.1, 0.15) is 31.4 Å². The van der Waals surface area contributed by atoms with Crippen LogP contribution in [0.25, 0.3) is 0 Å². The van der Waals surface area contributed by atoms with Crippen LogP contribution in [0.5, 0.6) is 0 Å². The highest BCUT2D eigenvalue weighted by molar-refractivity contribution is 14.0. The Hall–Kier alpha value is -0.820. The molecule has 120 valence electrons. The maximum atomic E-state index is 5.91. The van der Waals surface area contributed by atoms with Crippen molar-refractivity contribution in [3.8, 4) is 0 Å². The summed E-state index contributed by atoms with van der Waals surface area (Å²) in [6, 6.07) is 6.29. The molecule has 0 amide bonds. The summed E-state index contributed by atoms with van der Waals surface area (Å²) in [5.41, 5.74) is 9.37. The summed E-state index contributed by atoms with van der Waals surface area (Å²) in [6.45, 7) is 12.6. The number of nitrogens with one attached hydrogen (secondary N) is 1. The number of guanidine groups is 1. The summed E-state index contributed by atoms with van der Waals surface area (Å²) in [5.74, 6) is 0.495. The lowest BCUT2D eigenvalue weighted by molar-refractivity contribution is 0.302. The molecule has 3 N–H and O–H groups in total. The standard InChI is InChI=1S/C16H28N4.HI/c1-5-20(6-2)9-7-8-18-16(17)19-15-11-13(3)10-14(4)12-15;/h10-12H,5-9H2,1-4H3,(H3,17,18,19);1H. The Bertz CT molecular complexity index is 422. The minimum atomic E-state index is 0. The smallest absolute Gasteiger partial charge is 0.193 e. The predicted molar refractivity (Wildman–Crippen MR) is 104 cm³/mol. The molecule has 0 aliphatic heterocycles. The topological polar surface area (TPSA) is 53.6 Å². The molecule has 5 heteroatoms. The van der Waals surface area contributed by atoms with E-state index in [0.29, 0.717) is 5.96 Å². The van der Waals surface area contributed by atoms with Gasteiger partial charge >= 0.3 is 0 Å². The molecule has 0 bridgehead atoms. The van der Waals surface area contributed by atoms with Crippen molar-refractivity contribution in [2.75, 3.05) is 31.5 Å². The van der Waals surface area contributed by atoms with Crippen molar-refractivity contribution in [2.24, 2.45) is 10.7 Å². The first-order valence-corrected chi connectivity index (χ1v) is 7.42. The van der Waals surface area contributed by atoms with Gasteiger partial charge in [-0.25, -0.2) is 0 Å². The number of hydrogen-bond acceptors (Lipinski definition) is 2. The van der Waals surface area contributed by atoms with E-state index in [1.165, 1.54) is 11.1 Å². The molecule has 0 saturated heterocycles.